The SMILES string of the molecule is Cl.O=C(NC1(c2ccccc2)CCC(N2CCC(c3ccc(F)cc3)CC2)CC1)C(CO)c1cc(C(F)(F)F)cc(C(F)(F)F)c1. The molecule has 250 valence electrons. The van der Waals surface area contributed by atoms with E-state index in [1.54, 1.807) is 0 Å². The Morgan fingerprint density at radius 3 is 1.89 bits per heavy atom. The second-order valence-electron chi connectivity index (χ2n) is 12.1. The third-order valence-corrected chi connectivity index (χ3v) is 9.40. The summed E-state index contributed by atoms with van der Waals surface area (Å²) in [5, 5.41) is 13.1. The average Bonchev–Trinajstić information content (AvgIpc) is 3.02. The zero-order chi connectivity index (χ0) is 32.4. The third-order valence-electron chi connectivity index (χ3n) is 9.40. The number of rotatable bonds is 7. The number of aliphatic hydroxyl groups is 1. The second kappa shape index (κ2) is 14.3. The predicted molar refractivity (Wildman–Crippen MR) is 162 cm³/mol. The van der Waals surface area contributed by atoms with Crippen molar-refractivity contribution in [3.63, 3.8) is 0 Å². The number of aliphatic hydroxyl groups excluding tert-OH is 1. The summed E-state index contributed by atoms with van der Waals surface area (Å²) in [6.45, 7) is 0.753. The Balaban J connectivity index is 0.00000480. The van der Waals surface area contributed by atoms with E-state index < -0.39 is 53.0 Å². The Labute approximate surface area is 269 Å². The van der Waals surface area contributed by atoms with Gasteiger partial charge in [-0.25, -0.2) is 4.39 Å². The number of hydrogen-bond donors (Lipinski definition) is 2. The van der Waals surface area contributed by atoms with Crippen LogP contribution in [0.2, 0.25) is 0 Å². The van der Waals surface area contributed by atoms with Crippen LogP contribution in [0.15, 0.2) is 72.8 Å². The molecule has 46 heavy (non-hydrogen) atoms. The molecule has 1 saturated carbocycles. The summed E-state index contributed by atoms with van der Waals surface area (Å²) >= 11 is 0. The van der Waals surface area contributed by atoms with Crippen molar-refractivity contribution in [2.45, 2.75) is 74.3 Å². The van der Waals surface area contributed by atoms with E-state index >= 15 is 0 Å². The van der Waals surface area contributed by atoms with Gasteiger partial charge in [-0.2, -0.15) is 26.3 Å². The summed E-state index contributed by atoms with van der Waals surface area (Å²) in [6, 6.07) is 17.0. The lowest BCUT2D eigenvalue weighted by molar-refractivity contribution is -0.143. The topological polar surface area (TPSA) is 52.6 Å². The summed E-state index contributed by atoms with van der Waals surface area (Å²) < 4.78 is 94.5. The van der Waals surface area contributed by atoms with Gasteiger partial charge in [-0.1, -0.05) is 42.5 Å². The van der Waals surface area contributed by atoms with E-state index in [1.165, 1.54) is 12.1 Å². The number of amides is 1. The average molecular weight is 673 g/mol. The molecule has 1 amide bonds. The lowest BCUT2D eigenvalue weighted by atomic mass is 9.73. The molecule has 1 aliphatic carbocycles. The fraction of sp³-hybridized carbons (Fsp3) is 0.441. The first-order valence-corrected chi connectivity index (χ1v) is 15.1. The first-order chi connectivity index (χ1) is 21.3. The van der Waals surface area contributed by atoms with Crippen molar-refractivity contribution >= 4 is 18.3 Å². The lowest BCUT2D eigenvalue weighted by Crippen LogP contribution is -2.53. The summed E-state index contributed by atoms with van der Waals surface area (Å²) in [4.78, 5) is 16.1. The highest BCUT2D eigenvalue weighted by molar-refractivity contribution is 5.85. The molecule has 0 aromatic heterocycles. The normalized spacial score (nSPS) is 22.1. The van der Waals surface area contributed by atoms with E-state index in [9.17, 15) is 40.6 Å². The number of benzene rings is 3. The fourth-order valence-corrected chi connectivity index (χ4v) is 6.88. The molecule has 2 fully saturated rings. The van der Waals surface area contributed by atoms with Gasteiger partial charge in [-0.05, 0) is 105 Å². The molecule has 2 aliphatic rings. The van der Waals surface area contributed by atoms with Gasteiger partial charge in [0.15, 0.2) is 0 Å². The van der Waals surface area contributed by atoms with Gasteiger partial charge in [-0.15, -0.1) is 12.4 Å². The van der Waals surface area contributed by atoms with Gasteiger partial charge in [0.2, 0.25) is 5.91 Å². The minimum absolute atomic E-state index is 0. The first-order valence-electron chi connectivity index (χ1n) is 15.1. The molecule has 3 aromatic rings. The van der Waals surface area contributed by atoms with Gasteiger partial charge in [-0.3, -0.25) is 4.79 Å². The van der Waals surface area contributed by atoms with E-state index in [-0.39, 0.29) is 30.3 Å². The first kappa shape index (κ1) is 35.7. The number of piperidine rings is 1. The molecule has 2 N–H and O–H groups in total. The molecule has 1 atom stereocenters. The molecular weight excluding hydrogens is 637 g/mol. The predicted octanol–water partition coefficient (Wildman–Crippen LogP) is 8.19. The monoisotopic (exact) mass is 672 g/mol. The Kier molecular flexibility index (Phi) is 11.1. The second-order valence-corrected chi connectivity index (χ2v) is 12.1. The smallest absolute Gasteiger partial charge is 0.395 e. The van der Waals surface area contributed by atoms with Gasteiger partial charge in [0.1, 0.15) is 5.82 Å². The van der Waals surface area contributed by atoms with E-state index in [4.69, 9.17) is 0 Å². The number of nitrogens with one attached hydrogen (secondary N) is 1. The van der Waals surface area contributed by atoms with Gasteiger partial charge in [0, 0.05) is 6.04 Å². The van der Waals surface area contributed by atoms with Crippen LogP contribution < -0.4 is 5.32 Å². The number of alkyl halides is 6. The van der Waals surface area contributed by atoms with Crippen LogP contribution in [0.5, 0.6) is 0 Å². The van der Waals surface area contributed by atoms with E-state index in [1.807, 2.05) is 42.5 Å². The van der Waals surface area contributed by atoms with Crippen molar-refractivity contribution in [1.29, 1.82) is 0 Å². The number of carbonyl (C=O) groups is 1. The Bertz CT molecular complexity index is 1420. The maximum absolute atomic E-state index is 13.7. The van der Waals surface area contributed by atoms with Crippen LogP contribution in [0.3, 0.4) is 0 Å². The molecule has 0 bridgehead atoms. The highest BCUT2D eigenvalue weighted by Crippen LogP contribution is 2.42. The molecule has 0 spiro atoms. The van der Waals surface area contributed by atoms with Crippen molar-refractivity contribution in [2.75, 3.05) is 19.7 Å². The minimum atomic E-state index is -5.08. The number of hydrogen-bond acceptors (Lipinski definition) is 3. The highest BCUT2D eigenvalue weighted by Gasteiger charge is 2.43. The summed E-state index contributed by atoms with van der Waals surface area (Å²) in [6.07, 6.45) is -5.88. The van der Waals surface area contributed by atoms with Crippen molar-refractivity contribution in [3.8, 4) is 0 Å². The molecule has 12 heteroatoms. The zero-order valence-electron chi connectivity index (χ0n) is 24.9. The number of halogens is 8. The van der Waals surface area contributed by atoms with Crippen molar-refractivity contribution < 1.29 is 40.6 Å². The van der Waals surface area contributed by atoms with Gasteiger partial charge < -0.3 is 15.3 Å². The number of carbonyl (C=O) groups excluding carboxylic acids is 1. The largest absolute Gasteiger partial charge is 0.416 e. The summed E-state index contributed by atoms with van der Waals surface area (Å²) in [5.74, 6) is -2.40. The standard InChI is InChI=1S/C34H35F7N2O2.ClH/c35-28-8-6-22(7-9-28)23-12-16-43(17-13-23)29-10-14-32(15-11-29,25-4-2-1-3-5-25)42-31(45)30(21-44)24-18-26(33(36,37)38)20-27(19-24)34(39,40)41;/h1-9,18-20,23,29-30,44H,10-17,21H2,(H,42,45);1H. The van der Waals surface area contributed by atoms with Crippen LogP contribution in [-0.4, -0.2) is 41.7 Å². The molecule has 0 radical (unpaired) electrons. The van der Waals surface area contributed by atoms with Gasteiger partial charge >= 0.3 is 12.4 Å². The minimum Gasteiger partial charge on any atom is -0.395 e. The summed E-state index contributed by atoms with van der Waals surface area (Å²) in [7, 11) is 0. The van der Waals surface area contributed by atoms with Crippen LogP contribution in [0.1, 0.15) is 78.2 Å². The Morgan fingerprint density at radius 2 is 1.39 bits per heavy atom. The number of nitrogens with zero attached hydrogens (tertiary/aromatic N) is 1. The van der Waals surface area contributed by atoms with Crippen LogP contribution in [0.4, 0.5) is 30.7 Å². The molecule has 1 heterocycles. The molecule has 1 saturated heterocycles. The van der Waals surface area contributed by atoms with Crippen LogP contribution in [-0.2, 0) is 22.7 Å². The molecule has 4 nitrogen and oxygen atoms in total. The van der Waals surface area contributed by atoms with Crippen LogP contribution >= 0.6 is 12.4 Å². The molecular formula is C34H36ClF7N2O2. The lowest BCUT2D eigenvalue weighted by Gasteiger charge is -2.46. The Morgan fingerprint density at radius 1 is 0.848 bits per heavy atom. The quantitative estimate of drug-likeness (QED) is 0.249. The van der Waals surface area contributed by atoms with Crippen LogP contribution in [0.25, 0.3) is 0 Å². The van der Waals surface area contributed by atoms with Crippen LogP contribution in [0, 0.1) is 5.82 Å². The Hall–Kier alpha value is -3.15. The molecule has 3 aromatic carbocycles. The maximum atomic E-state index is 13.7. The van der Waals surface area contributed by atoms with Crippen molar-refractivity contribution in [2.24, 2.45) is 0 Å². The van der Waals surface area contributed by atoms with E-state index in [0.29, 0.717) is 43.7 Å². The van der Waals surface area contributed by atoms with Crippen molar-refractivity contribution in [1.82, 2.24) is 10.2 Å². The summed E-state index contributed by atoms with van der Waals surface area (Å²) in [5.41, 5.74) is -2.66. The number of likely N-dealkylation sites (tertiary alicyclic amines) is 1. The third kappa shape index (κ3) is 8.04. The van der Waals surface area contributed by atoms with E-state index in [2.05, 4.69) is 10.2 Å². The zero-order valence-corrected chi connectivity index (χ0v) is 25.7. The molecule has 1 aliphatic heterocycles. The fourth-order valence-electron chi connectivity index (χ4n) is 6.88. The van der Waals surface area contributed by atoms with Gasteiger partial charge in [0.05, 0.1) is 29.2 Å². The maximum Gasteiger partial charge on any atom is 0.416 e. The molecule has 5 rings (SSSR count). The van der Waals surface area contributed by atoms with Crippen molar-refractivity contribution in [3.05, 3.63) is 106 Å². The molecule has 1 unspecified atom stereocenters. The highest BCUT2D eigenvalue weighted by atomic mass is 35.5. The van der Waals surface area contributed by atoms with Gasteiger partial charge in [0.25, 0.3) is 0 Å². The van der Waals surface area contributed by atoms with E-state index in [0.717, 1.165) is 37.1 Å².